The summed E-state index contributed by atoms with van der Waals surface area (Å²) in [5.74, 6) is -0.717. The zero-order chi connectivity index (χ0) is 22.8. The van der Waals surface area contributed by atoms with Crippen molar-refractivity contribution in [1.29, 1.82) is 0 Å². The van der Waals surface area contributed by atoms with Gasteiger partial charge in [-0.15, -0.1) is 0 Å². The molecule has 4 aromatic rings. The maximum atomic E-state index is 14.2. The van der Waals surface area contributed by atoms with E-state index in [9.17, 15) is 14.0 Å². The van der Waals surface area contributed by atoms with Crippen LogP contribution < -0.4 is 5.32 Å². The third kappa shape index (κ3) is 4.30. The Kier molecular flexibility index (Phi) is 5.52. The van der Waals surface area contributed by atoms with Gasteiger partial charge >= 0.3 is 0 Å². The number of rotatable bonds is 5. The van der Waals surface area contributed by atoms with Gasteiger partial charge in [-0.3, -0.25) is 14.6 Å². The second-order valence-electron chi connectivity index (χ2n) is 7.97. The first-order valence-corrected chi connectivity index (χ1v) is 10.6. The van der Waals surface area contributed by atoms with Crippen LogP contribution in [0.1, 0.15) is 6.42 Å². The minimum Gasteiger partial charge on any atom is -0.338 e. The molecule has 3 aromatic heterocycles. The first-order chi connectivity index (χ1) is 16.1. The van der Waals surface area contributed by atoms with Crippen molar-refractivity contribution < 1.29 is 14.0 Å². The van der Waals surface area contributed by atoms with Crippen LogP contribution in [0, 0.1) is 0 Å². The van der Waals surface area contributed by atoms with Gasteiger partial charge in [0.2, 0.25) is 11.8 Å². The molecule has 8 nitrogen and oxygen atoms in total. The Balaban J connectivity index is 1.33. The maximum Gasteiger partial charge on any atom is 0.247 e. The second kappa shape index (κ2) is 8.78. The Labute approximate surface area is 189 Å². The molecule has 2 unspecified atom stereocenters. The predicted octanol–water partition coefficient (Wildman–Crippen LogP) is 3.07. The van der Waals surface area contributed by atoms with Crippen molar-refractivity contribution in [2.24, 2.45) is 0 Å². The molecule has 166 valence electrons. The highest BCUT2D eigenvalue weighted by molar-refractivity contribution is 5.97. The number of halogens is 1. The highest BCUT2D eigenvalue weighted by Gasteiger charge is 2.39. The lowest BCUT2D eigenvalue weighted by atomic mass is 10.1. The third-order valence-corrected chi connectivity index (χ3v) is 5.80. The second-order valence-corrected chi connectivity index (χ2v) is 7.97. The number of pyridine rings is 1. The average Bonchev–Trinajstić information content (AvgIpc) is 3.43. The zero-order valence-corrected chi connectivity index (χ0v) is 17.6. The maximum absolute atomic E-state index is 14.2. The van der Waals surface area contributed by atoms with Crippen molar-refractivity contribution in [1.82, 2.24) is 24.6 Å². The number of nitrogens with zero attached hydrogens (tertiary/aromatic N) is 5. The van der Waals surface area contributed by atoms with E-state index in [1.54, 1.807) is 30.7 Å². The topological polar surface area (TPSA) is 93.0 Å². The van der Waals surface area contributed by atoms with Crippen molar-refractivity contribution in [3.05, 3.63) is 73.4 Å². The quantitative estimate of drug-likeness (QED) is 0.511. The van der Waals surface area contributed by atoms with Gasteiger partial charge < -0.3 is 14.8 Å². The number of benzene rings is 1. The van der Waals surface area contributed by atoms with E-state index in [2.05, 4.69) is 20.5 Å². The normalized spacial score (nSPS) is 17.9. The molecule has 1 N–H and O–H groups in total. The van der Waals surface area contributed by atoms with Gasteiger partial charge in [-0.1, -0.05) is 6.07 Å². The molecule has 0 spiro atoms. The molecule has 2 amide bonds. The van der Waals surface area contributed by atoms with Gasteiger partial charge in [-0.05, 0) is 42.0 Å². The predicted molar refractivity (Wildman–Crippen MR) is 121 cm³/mol. The summed E-state index contributed by atoms with van der Waals surface area (Å²) in [5.41, 5.74) is 3.33. The van der Waals surface area contributed by atoms with Gasteiger partial charge in [0.1, 0.15) is 18.8 Å². The number of carbonyl (C=O) groups excluding carboxylic acids is 2. The molecule has 0 radical (unpaired) electrons. The summed E-state index contributed by atoms with van der Waals surface area (Å²) in [7, 11) is 0. The molecular weight excluding hydrogens is 423 g/mol. The Morgan fingerprint density at radius 1 is 1.06 bits per heavy atom. The van der Waals surface area contributed by atoms with E-state index in [-0.39, 0.29) is 25.4 Å². The van der Waals surface area contributed by atoms with E-state index in [1.165, 1.54) is 11.1 Å². The van der Waals surface area contributed by atoms with Crippen molar-refractivity contribution in [3.8, 4) is 11.1 Å². The zero-order valence-electron chi connectivity index (χ0n) is 17.6. The number of nitrogens with one attached hydrogen (secondary N) is 1. The smallest absolute Gasteiger partial charge is 0.247 e. The van der Waals surface area contributed by atoms with Crippen LogP contribution in [0.4, 0.5) is 10.1 Å². The summed E-state index contributed by atoms with van der Waals surface area (Å²) in [6.45, 7) is -0.0780. The molecule has 9 heteroatoms. The SMILES string of the molecule is O=C(Nc1cccnc1)C1CC(F)CN1C(=O)Cn1ccc2cc(-c3ccnnc3)ccc21. The van der Waals surface area contributed by atoms with Crippen LogP contribution >= 0.6 is 0 Å². The van der Waals surface area contributed by atoms with Gasteiger partial charge in [0.15, 0.2) is 0 Å². The minimum absolute atomic E-state index is 0.0169. The molecule has 0 aliphatic carbocycles. The lowest BCUT2D eigenvalue weighted by molar-refractivity contribution is -0.137. The van der Waals surface area contributed by atoms with E-state index in [0.717, 1.165) is 22.0 Å². The molecule has 1 saturated heterocycles. The summed E-state index contributed by atoms with van der Waals surface area (Å²) in [4.78, 5) is 31.1. The van der Waals surface area contributed by atoms with Gasteiger partial charge in [-0.2, -0.15) is 10.2 Å². The fraction of sp³-hybridized carbons (Fsp3) is 0.208. The Bertz CT molecular complexity index is 1290. The van der Waals surface area contributed by atoms with Crippen molar-refractivity contribution in [3.63, 3.8) is 0 Å². The van der Waals surface area contributed by atoms with E-state index in [1.807, 2.05) is 41.1 Å². The number of fused-ring (bicyclic) bond motifs is 1. The molecule has 2 atom stereocenters. The Hall–Kier alpha value is -4.14. The van der Waals surface area contributed by atoms with Crippen LogP contribution in [0.25, 0.3) is 22.0 Å². The molecule has 1 aliphatic rings. The van der Waals surface area contributed by atoms with Gasteiger partial charge in [0.05, 0.1) is 30.8 Å². The number of alkyl halides is 1. The third-order valence-electron chi connectivity index (χ3n) is 5.80. The average molecular weight is 444 g/mol. The number of aromatic nitrogens is 4. The van der Waals surface area contributed by atoms with E-state index >= 15 is 0 Å². The number of carbonyl (C=O) groups is 2. The molecule has 1 aromatic carbocycles. The van der Waals surface area contributed by atoms with Gasteiger partial charge in [0, 0.05) is 35.3 Å². The summed E-state index contributed by atoms with van der Waals surface area (Å²) >= 11 is 0. The number of anilines is 1. The summed E-state index contributed by atoms with van der Waals surface area (Å²) < 4.78 is 16.0. The van der Waals surface area contributed by atoms with Crippen molar-refractivity contribution in [2.45, 2.75) is 25.2 Å². The molecule has 4 heterocycles. The number of hydrogen-bond acceptors (Lipinski definition) is 5. The number of hydrogen-bond donors (Lipinski definition) is 1. The summed E-state index contributed by atoms with van der Waals surface area (Å²) in [6, 6.07) is 12.2. The highest BCUT2D eigenvalue weighted by atomic mass is 19.1. The Morgan fingerprint density at radius 2 is 1.97 bits per heavy atom. The number of likely N-dealkylation sites (tertiary alicyclic amines) is 1. The number of amides is 2. The fourth-order valence-electron chi connectivity index (χ4n) is 4.19. The monoisotopic (exact) mass is 444 g/mol. The van der Waals surface area contributed by atoms with Gasteiger partial charge in [0.25, 0.3) is 0 Å². The largest absolute Gasteiger partial charge is 0.338 e. The van der Waals surface area contributed by atoms with Crippen LogP contribution in [0.15, 0.2) is 73.4 Å². The van der Waals surface area contributed by atoms with Crippen LogP contribution in [0.2, 0.25) is 0 Å². The lowest BCUT2D eigenvalue weighted by Gasteiger charge is -2.24. The van der Waals surface area contributed by atoms with Crippen LogP contribution in [-0.4, -0.2) is 55.2 Å². The first kappa shape index (κ1) is 20.7. The van der Waals surface area contributed by atoms with E-state index in [4.69, 9.17) is 0 Å². The summed E-state index contributed by atoms with van der Waals surface area (Å²) in [6.07, 6.45) is 7.00. The van der Waals surface area contributed by atoms with Crippen molar-refractivity contribution >= 4 is 28.4 Å². The van der Waals surface area contributed by atoms with Crippen molar-refractivity contribution in [2.75, 3.05) is 11.9 Å². The lowest BCUT2D eigenvalue weighted by Crippen LogP contribution is -2.44. The van der Waals surface area contributed by atoms with Crippen LogP contribution in [-0.2, 0) is 16.1 Å². The molecular formula is C24H21FN6O2. The van der Waals surface area contributed by atoms with Gasteiger partial charge in [-0.25, -0.2) is 4.39 Å². The van der Waals surface area contributed by atoms with E-state index < -0.39 is 18.1 Å². The van der Waals surface area contributed by atoms with Crippen LogP contribution in [0.5, 0.6) is 0 Å². The minimum atomic E-state index is -1.24. The van der Waals surface area contributed by atoms with E-state index in [0.29, 0.717) is 5.69 Å². The standard InChI is InChI=1S/C24H21FN6O2/c25-19-11-22(24(33)29-20-2-1-7-26-13-20)31(14-19)23(32)15-30-9-6-17-10-16(3-4-21(17)30)18-5-8-27-28-12-18/h1-10,12-13,19,22H,11,14-15H2,(H,29,33). The molecule has 0 bridgehead atoms. The molecule has 5 rings (SSSR count). The Morgan fingerprint density at radius 3 is 2.76 bits per heavy atom. The highest BCUT2D eigenvalue weighted by Crippen LogP contribution is 2.26. The molecule has 1 aliphatic heterocycles. The first-order valence-electron chi connectivity index (χ1n) is 10.6. The van der Waals surface area contributed by atoms with Crippen LogP contribution in [0.3, 0.4) is 0 Å². The fourth-order valence-corrected chi connectivity index (χ4v) is 4.19. The molecule has 33 heavy (non-hydrogen) atoms. The molecule has 0 saturated carbocycles. The molecule has 1 fully saturated rings. The summed E-state index contributed by atoms with van der Waals surface area (Å²) in [5, 5.41) is 11.4.